The molecule has 0 radical (unpaired) electrons. The molecule has 2 fully saturated rings. The van der Waals surface area contributed by atoms with Crippen LogP contribution in [0.1, 0.15) is 37.3 Å². The van der Waals surface area contributed by atoms with Crippen molar-refractivity contribution >= 4 is 11.2 Å². The highest BCUT2D eigenvalue weighted by molar-refractivity contribution is 5.68. The minimum Gasteiger partial charge on any atom is -0.394 e. The van der Waals surface area contributed by atoms with Crippen molar-refractivity contribution in [2.75, 3.05) is 13.2 Å². The Morgan fingerprint density at radius 2 is 1.88 bits per heavy atom. The number of hydrogen-bond acceptors (Lipinski definition) is 9. The normalized spacial score (nSPS) is 26.5. The molecule has 184 valence electrons. The smallest absolute Gasteiger partial charge is 0.330 e. The number of nitrogens with zero attached hydrogens (tertiary/aromatic N) is 4. The molecular formula is C20H25FN6O7. The molecule has 0 aromatic carbocycles. The first kappa shape index (κ1) is 23.9. The third-order valence-electron chi connectivity index (χ3n) is 5.76. The molecule has 0 saturated carbocycles. The Morgan fingerprint density at radius 3 is 2.56 bits per heavy atom. The molecule has 5 rings (SSSR count). The Morgan fingerprint density at radius 1 is 1.09 bits per heavy atom. The standard InChI is InChI=1S/C10H13FN2O4.C10H12N4O3/c1-5-3-13(10(16)12-9(5)15)8-2-6(11)7(4-14)17-8;15-3-6-1-2-7(17-6)14-5-13-8-9(14)11-4-12-10(8)16/h3,6-8,14H,2,4H2,1H3,(H,12,15,16);4-7,15H,1-3H2,(H,11,12,16)/t6-,7+,8+;6-,7+/m00/s1. The summed E-state index contributed by atoms with van der Waals surface area (Å²) in [5, 5.41) is 17.9. The number of H-pyrrole nitrogens is 2. The largest absolute Gasteiger partial charge is 0.394 e. The number of imidazole rings is 1. The summed E-state index contributed by atoms with van der Waals surface area (Å²) in [5.41, 5.74) is -0.210. The highest BCUT2D eigenvalue weighted by Crippen LogP contribution is 2.30. The molecule has 34 heavy (non-hydrogen) atoms. The van der Waals surface area contributed by atoms with Crippen molar-refractivity contribution in [2.45, 2.75) is 57.0 Å². The van der Waals surface area contributed by atoms with Gasteiger partial charge in [0.25, 0.3) is 11.1 Å². The first-order valence-corrected chi connectivity index (χ1v) is 10.7. The Bertz CT molecular complexity index is 1320. The number of alkyl halides is 1. The molecular weight excluding hydrogens is 455 g/mol. The van der Waals surface area contributed by atoms with Gasteiger partial charge in [-0.1, -0.05) is 0 Å². The predicted octanol–water partition coefficient (Wildman–Crippen LogP) is -0.748. The number of hydrogen-bond donors (Lipinski definition) is 4. The van der Waals surface area contributed by atoms with Gasteiger partial charge in [-0.2, -0.15) is 0 Å². The minimum absolute atomic E-state index is 0.0111. The lowest BCUT2D eigenvalue weighted by Crippen LogP contribution is -2.33. The maximum absolute atomic E-state index is 13.4. The van der Waals surface area contributed by atoms with E-state index < -0.39 is 36.4 Å². The lowest BCUT2D eigenvalue weighted by Gasteiger charge is -2.14. The van der Waals surface area contributed by atoms with E-state index in [0.717, 1.165) is 17.4 Å². The molecule has 3 aromatic heterocycles. The van der Waals surface area contributed by atoms with Crippen LogP contribution in [0.25, 0.3) is 11.2 Å². The van der Waals surface area contributed by atoms with Gasteiger partial charge in [-0.05, 0) is 19.8 Å². The van der Waals surface area contributed by atoms with Crippen molar-refractivity contribution in [3.05, 3.63) is 55.6 Å². The third kappa shape index (κ3) is 4.70. The van der Waals surface area contributed by atoms with Crippen LogP contribution in [-0.4, -0.2) is 70.9 Å². The number of nitrogens with one attached hydrogen (secondary N) is 2. The van der Waals surface area contributed by atoms with Crippen molar-refractivity contribution in [1.82, 2.24) is 29.1 Å². The van der Waals surface area contributed by atoms with E-state index in [1.807, 2.05) is 0 Å². The second-order valence-electron chi connectivity index (χ2n) is 8.07. The molecule has 0 spiro atoms. The number of rotatable bonds is 4. The number of ether oxygens (including phenoxy) is 2. The number of aryl methyl sites for hydroxylation is 1. The monoisotopic (exact) mass is 480 g/mol. The van der Waals surface area contributed by atoms with Gasteiger partial charge in [0.1, 0.15) is 24.7 Å². The van der Waals surface area contributed by atoms with E-state index in [4.69, 9.17) is 19.7 Å². The van der Waals surface area contributed by atoms with E-state index in [0.29, 0.717) is 16.7 Å². The molecule has 4 N–H and O–H groups in total. The Hall–Kier alpha value is -3.20. The van der Waals surface area contributed by atoms with Gasteiger partial charge in [-0.3, -0.25) is 23.7 Å². The molecule has 5 heterocycles. The Kier molecular flexibility index (Phi) is 7.02. The molecule has 13 nitrogen and oxygen atoms in total. The highest BCUT2D eigenvalue weighted by atomic mass is 19.1. The van der Waals surface area contributed by atoms with Crippen molar-refractivity contribution < 1.29 is 24.1 Å². The molecule has 2 aliphatic rings. The van der Waals surface area contributed by atoms with E-state index in [-0.39, 0.29) is 30.9 Å². The average molecular weight is 480 g/mol. The summed E-state index contributed by atoms with van der Waals surface area (Å²) in [6.07, 6.45) is 2.43. The van der Waals surface area contributed by atoms with Crippen LogP contribution in [0.3, 0.4) is 0 Å². The Labute approximate surface area is 190 Å². The molecule has 0 amide bonds. The summed E-state index contributed by atoms with van der Waals surface area (Å²) in [7, 11) is 0. The van der Waals surface area contributed by atoms with Crippen LogP contribution < -0.4 is 16.8 Å². The first-order valence-electron chi connectivity index (χ1n) is 10.7. The van der Waals surface area contributed by atoms with Crippen molar-refractivity contribution in [3.8, 4) is 0 Å². The molecule has 3 aromatic rings. The zero-order valence-corrected chi connectivity index (χ0v) is 18.3. The summed E-state index contributed by atoms with van der Waals surface area (Å²) >= 11 is 0. The van der Waals surface area contributed by atoms with Crippen LogP contribution in [0.2, 0.25) is 0 Å². The van der Waals surface area contributed by atoms with Gasteiger partial charge in [-0.25, -0.2) is 19.2 Å². The summed E-state index contributed by atoms with van der Waals surface area (Å²) in [4.78, 5) is 46.9. The van der Waals surface area contributed by atoms with E-state index in [9.17, 15) is 18.8 Å². The van der Waals surface area contributed by atoms with Gasteiger partial charge >= 0.3 is 5.69 Å². The fourth-order valence-corrected chi connectivity index (χ4v) is 3.92. The average Bonchev–Trinajstić information content (AvgIpc) is 3.55. The van der Waals surface area contributed by atoms with Gasteiger partial charge in [0, 0.05) is 18.2 Å². The summed E-state index contributed by atoms with van der Waals surface area (Å²) in [6.45, 7) is 1.12. The zero-order chi connectivity index (χ0) is 24.4. The second-order valence-corrected chi connectivity index (χ2v) is 8.07. The van der Waals surface area contributed by atoms with Crippen LogP contribution in [0.4, 0.5) is 4.39 Å². The minimum atomic E-state index is -1.32. The summed E-state index contributed by atoms with van der Waals surface area (Å²) < 4.78 is 27.1. The molecule has 14 heteroatoms. The topological polar surface area (TPSA) is 177 Å². The summed E-state index contributed by atoms with van der Waals surface area (Å²) in [6, 6.07) is 0. The highest BCUT2D eigenvalue weighted by Gasteiger charge is 2.36. The van der Waals surface area contributed by atoms with Crippen molar-refractivity contribution in [1.29, 1.82) is 0 Å². The number of halogens is 1. The third-order valence-corrected chi connectivity index (χ3v) is 5.76. The fourth-order valence-electron chi connectivity index (χ4n) is 3.92. The Balaban J connectivity index is 0.000000161. The number of aliphatic hydroxyl groups is 2. The van der Waals surface area contributed by atoms with Crippen LogP contribution in [0.5, 0.6) is 0 Å². The van der Waals surface area contributed by atoms with E-state index in [2.05, 4.69) is 19.9 Å². The van der Waals surface area contributed by atoms with Crippen molar-refractivity contribution in [3.63, 3.8) is 0 Å². The SMILES string of the molecule is Cc1cn([C@H]2C[C@H](F)[C@@H](CO)O2)c(=O)[nH]c1=O.O=c1[nH]cnc2c1ncn2[C@H]1CC[C@@H](CO)O1. The second kappa shape index (κ2) is 9.97. The predicted molar refractivity (Wildman–Crippen MR) is 115 cm³/mol. The van der Waals surface area contributed by atoms with Gasteiger partial charge in [-0.15, -0.1) is 0 Å². The quantitative estimate of drug-likeness (QED) is 0.374. The molecule has 0 unspecified atom stereocenters. The fraction of sp³-hybridized carbons (Fsp3) is 0.550. The van der Waals surface area contributed by atoms with Crippen LogP contribution >= 0.6 is 0 Å². The lowest BCUT2D eigenvalue weighted by atomic mass is 10.2. The van der Waals surface area contributed by atoms with Gasteiger partial charge < -0.3 is 24.7 Å². The molecule has 2 aliphatic heterocycles. The van der Waals surface area contributed by atoms with E-state index >= 15 is 0 Å². The first-order chi connectivity index (χ1) is 16.3. The van der Waals surface area contributed by atoms with Gasteiger partial charge in [0.05, 0.1) is 32.0 Å². The van der Waals surface area contributed by atoms with Gasteiger partial charge in [0.2, 0.25) is 0 Å². The number of aromatic nitrogens is 6. The van der Waals surface area contributed by atoms with Crippen molar-refractivity contribution in [2.24, 2.45) is 0 Å². The zero-order valence-electron chi connectivity index (χ0n) is 18.3. The summed E-state index contributed by atoms with van der Waals surface area (Å²) in [5.74, 6) is 0. The van der Waals surface area contributed by atoms with E-state index in [1.54, 1.807) is 17.8 Å². The maximum Gasteiger partial charge on any atom is 0.330 e. The molecule has 2 saturated heterocycles. The molecule has 0 aliphatic carbocycles. The van der Waals surface area contributed by atoms with E-state index in [1.165, 1.54) is 12.5 Å². The number of aromatic amines is 2. The molecule has 5 atom stereocenters. The molecule has 0 bridgehead atoms. The lowest BCUT2D eigenvalue weighted by molar-refractivity contribution is -0.0356. The number of aliphatic hydroxyl groups excluding tert-OH is 2. The van der Waals surface area contributed by atoms with Gasteiger partial charge in [0.15, 0.2) is 11.2 Å². The maximum atomic E-state index is 13.4. The van der Waals surface area contributed by atoms with Crippen LogP contribution in [0.15, 0.2) is 33.2 Å². The number of fused-ring (bicyclic) bond motifs is 1. The van der Waals surface area contributed by atoms with Crippen LogP contribution in [-0.2, 0) is 9.47 Å². The van der Waals surface area contributed by atoms with Crippen LogP contribution in [0, 0.1) is 6.92 Å².